The summed E-state index contributed by atoms with van der Waals surface area (Å²) in [4.78, 5) is 13.7. The summed E-state index contributed by atoms with van der Waals surface area (Å²) in [6, 6.07) is 0.935. The molecule has 2 fully saturated rings. The summed E-state index contributed by atoms with van der Waals surface area (Å²) in [7, 11) is 0. The Hall–Kier alpha value is -0.410. The highest BCUT2D eigenvalue weighted by Crippen LogP contribution is 2.37. The van der Waals surface area contributed by atoms with Gasteiger partial charge in [-0.15, -0.1) is 0 Å². The number of nitrogens with zero attached hydrogens (tertiary/aromatic N) is 1. The van der Waals surface area contributed by atoms with Gasteiger partial charge in [-0.05, 0) is 39.5 Å². The highest BCUT2D eigenvalue weighted by atomic mass is 16.3. The van der Waals surface area contributed by atoms with Crippen LogP contribution in [0.2, 0.25) is 0 Å². The number of hydrogen-bond acceptors (Lipinski definition) is 3. The quantitative estimate of drug-likeness (QED) is 0.716. The van der Waals surface area contributed by atoms with Crippen molar-refractivity contribution in [2.45, 2.75) is 63.8 Å². The van der Waals surface area contributed by atoms with E-state index in [1.165, 1.54) is 0 Å². The summed E-state index contributed by atoms with van der Waals surface area (Å²) in [5, 5.41) is 9.62. The molecule has 3 heteroatoms. The number of Topliss-reactive ketones (excluding diaryl/α,β-unsaturated/α-hetero) is 1. The van der Waals surface area contributed by atoms with E-state index in [1.54, 1.807) is 6.92 Å². The van der Waals surface area contributed by atoms with Crippen LogP contribution < -0.4 is 0 Å². The summed E-state index contributed by atoms with van der Waals surface area (Å²) in [6.07, 6.45) is 3.88. The van der Waals surface area contributed by atoms with E-state index in [-0.39, 0.29) is 17.9 Å². The average Bonchev–Trinajstić information content (AvgIpc) is 2.37. The minimum atomic E-state index is -0.136. The molecule has 0 aromatic carbocycles. The largest absolute Gasteiger partial charge is 0.393 e. The van der Waals surface area contributed by atoms with Crippen LogP contribution in [0.15, 0.2) is 0 Å². The number of ketones is 1. The Labute approximate surface area is 85.1 Å². The fourth-order valence-corrected chi connectivity index (χ4v) is 3.03. The van der Waals surface area contributed by atoms with Crippen LogP contribution in [0.3, 0.4) is 0 Å². The molecule has 14 heavy (non-hydrogen) atoms. The van der Waals surface area contributed by atoms with Gasteiger partial charge in [-0.25, -0.2) is 0 Å². The Kier molecular flexibility index (Phi) is 2.62. The molecule has 80 valence electrons. The summed E-state index contributed by atoms with van der Waals surface area (Å²) in [6.45, 7) is 3.65. The second kappa shape index (κ2) is 3.63. The van der Waals surface area contributed by atoms with Crippen LogP contribution in [0.25, 0.3) is 0 Å². The van der Waals surface area contributed by atoms with E-state index in [1.807, 2.05) is 6.92 Å². The standard InChI is InChI=1S/C11H19NO2/c1-7(8(2)13)12-9-3-4-10(12)6-11(14)5-9/h7,9-11,14H,3-6H2,1-2H3. The molecule has 3 nitrogen and oxygen atoms in total. The molecular weight excluding hydrogens is 178 g/mol. The summed E-state index contributed by atoms with van der Waals surface area (Å²) >= 11 is 0. The van der Waals surface area contributed by atoms with Crippen molar-refractivity contribution in [3.05, 3.63) is 0 Å². The first-order valence-corrected chi connectivity index (χ1v) is 5.55. The first-order valence-electron chi connectivity index (χ1n) is 5.55. The van der Waals surface area contributed by atoms with Crippen molar-refractivity contribution in [3.63, 3.8) is 0 Å². The predicted molar refractivity (Wildman–Crippen MR) is 54.0 cm³/mol. The van der Waals surface area contributed by atoms with Gasteiger partial charge in [0.25, 0.3) is 0 Å². The number of fused-ring (bicyclic) bond motifs is 2. The van der Waals surface area contributed by atoms with E-state index < -0.39 is 0 Å². The van der Waals surface area contributed by atoms with Gasteiger partial charge in [-0.3, -0.25) is 9.69 Å². The number of rotatable bonds is 2. The van der Waals surface area contributed by atoms with Gasteiger partial charge < -0.3 is 5.11 Å². The molecule has 2 bridgehead atoms. The average molecular weight is 197 g/mol. The zero-order chi connectivity index (χ0) is 10.3. The number of piperidine rings is 1. The number of aliphatic hydroxyl groups is 1. The smallest absolute Gasteiger partial charge is 0.146 e. The lowest BCUT2D eigenvalue weighted by atomic mass is 9.97. The van der Waals surface area contributed by atoms with Crippen LogP contribution in [0.1, 0.15) is 39.5 Å². The Bertz CT molecular complexity index is 227. The molecule has 0 aromatic rings. The molecule has 2 rings (SSSR count). The normalized spacial score (nSPS) is 39.8. The molecule has 0 spiro atoms. The zero-order valence-corrected chi connectivity index (χ0v) is 8.94. The van der Waals surface area contributed by atoms with Crippen LogP contribution in [-0.2, 0) is 4.79 Å². The number of hydrogen-bond donors (Lipinski definition) is 1. The third-order valence-electron chi connectivity index (χ3n) is 3.80. The lowest BCUT2D eigenvalue weighted by Crippen LogP contribution is -2.51. The minimum Gasteiger partial charge on any atom is -0.393 e. The van der Waals surface area contributed by atoms with Crippen molar-refractivity contribution in [2.24, 2.45) is 0 Å². The maximum Gasteiger partial charge on any atom is 0.146 e. The topological polar surface area (TPSA) is 40.5 Å². The summed E-state index contributed by atoms with van der Waals surface area (Å²) in [5.74, 6) is 0.248. The van der Waals surface area contributed by atoms with Gasteiger partial charge in [-0.1, -0.05) is 0 Å². The molecule has 2 saturated heterocycles. The molecule has 3 atom stereocenters. The molecule has 0 aromatic heterocycles. The van der Waals surface area contributed by atoms with Gasteiger partial charge in [0.05, 0.1) is 12.1 Å². The maximum atomic E-state index is 11.3. The van der Waals surface area contributed by atoms with E-state index in [0.29, 0.717) is 12.1 Å². The Balaban J connectivity index is 2.11. The SMILES string of the molecule is CC(=O)C(C)N1C2CCC1CC(O)C2. The van der Waals surface area contributed by atoms with Crippen molar-refractivity contribution in [1.82, 2.24) is 4.90 Å². The van der Waals surface area contributed by atoms with Crippen molar-refractivity contribution in [3.8, 4) is 0 Å². The minimum absolute atomic E-state index is 0.0417. The monoisotopic (exact) mass is 197 g/mol. The van der Waals surface area contributed by atoms with Crippen LogP contribution >= 0.6 is 0 Å². The number of aliphatic hydroxyl groups excluding tert-OH is 1. The molecule has 3 unspecified atom stereocenters. The number of carbonyl (C=O) groups excluding carboxylic acids is 1. The van der Waals surface area contributed by atoms with Crippen LogP contribution in [-0.4, -0.2) is 40.0 Å². The molecule has 2 aliphatic rings. The maximum absolute atomic E-state index is 11.3. The molecule has 0 amide bonds. The molecule has 2 aliphatic heterocycles. The third-order valence-corrected chi connectivity index (χ3v) is 3.80. The molecular formula is C11H19NO2. The van der Waals surface area contributed by atoms with E-state index in [0.717, 1.165) is 25.7 Å². The van der Waals surface area contributed by atoms with Crippen LogP contribution in [0.4, 0.5) is 0 Å². The number of carbonyl (C=O) groups is 1. The predicted octanol–water partition coefficient (Wildman–Crippen LogP) is 0.952. The second-order valence-electron chi connectivity index (χ2n) is 4.74. The Morgan fingerprint density at radius 1 is 1.36 bits per heavy atom. The molecule has 2 heterocycles. The molecule has 0 aliphatic carbocycles. The lowest BCUT2D eigenvalue weighted by Gasteiger charge is -2.40. The van der Waals surface area contributed by atoms with E-state index >= 15 is 0 Å². The Morgan fingerprint density at radius 3 is 2.29 bits per heavy atom. The Morgan fingerprint density at radius 2 is 1.86 bits per heavy atom. The van der Waals surface area contributed by atoms with E-state index in [4.69, 9.17) is 0 Å². The van der Waals surface area contributed by atoms with E-state index in [2.05, 4.69) is 4.90 Å². The highest BCUT2D eigenvalue weighted by Gasteiger charge is 2.43. The van der Waals surface area contributed by atoms with Crippen molar-refractivity contribution in [1.29, 1.82) is 0 Å². The molecule has 0 saturated carbocycles. The zero-order valence-electron chi connectivity index (χ0n) is 8.94. The van der Waals surface area contributed by atoms with Gasteiger partial charge in [0.1, 0.15) is 5.78 Å². The lowest BCUT2D eigenvalue weighted by molar-refractivity contribution is -0.124. The first kappa shape index (κ1) is 10.1. The third kappa shape index (κ3) is 1.59. The first-order chi connectivity index (χ1) is 6.59. The van der Waals surface area contributed by atoms with Crippen molar-refractivity contribution >= 4 is 5.78 Å². The molecule has 0 radical (unpaired) electrons. The van der Waals surface area contributed by atoms with Crippen molar-refractivity contribution < 1.29 is 9.90 Å². The van der Waals surface area contributed by atoms with Crippen molar-refractivity contribution in [2.75, 3.05) is 0 Å². The van der Waals surface area contributed by atoms with Gasteiger partial charge in [-0.2, -0.15) is 0 Å². The fourth-order valence-electron chi connectivity index (χ4n) is 3.03. The van der Waals surface area contributed by atoms with Gasteiger partial charge in [0.2, 0.25) is 0 Å². The van der Waals surface area contributed by atoms with Crippen LogP contribution in [0.5, 0.6) is 0 Å². The second-order valence-corrected chi connectivity index (χ2v) is 4.74. The summed E-state index contributed by atoms with van der Waals surface area (Å²) in [5.41, 5.74) is 0. The van der Waals surface area contributed by atoms with Crippen LogP contribution in [0, 0.1) is 0 Å². The van der Waals surface area contributed by atoms with E-state index in [9.17, 15) is 9.90 Å². The van der Waals surface area contributed by atoms with Gasteiger partial charge >= 0.3 is 0 Å². The van der Waals surface area contributed by atoms with Gasteiger partial charge in [0, 0.05) is 12.1 Å². The highest BCUT2D eigenvalue weighted by molar-refractivity contribution is 5.81. The van der Waals surface area contributed by atoms with Gasteiger partial charge in [0.15, 0.2) is 0 Å². The molecule has 1 N–H and O–H groups in total. The fraction of sp³-hybridized carbons (Fsp3) is 0.909. The summed E-state index contributed by atoms with van der Waals surface area (Å²) < 4.78 is 0.